The van der Waals surface area contributed by atoms with Crippen LogP contribution in [0.3, 0.4) is 0 Å². The lowest BCUT2D eigenvalue weighted by Gasteiger charge is -2.33. The molecule has 1 saturated carbocycles. The number of hydrogen-bond acceptors (Lipinski definition) is 2. The summed E-state index contributed by atoms with van der Waals surface area (Å²) in [4.78, 5) is 0. The first-order valence-electron chi connectivity index (χ1n) is 4.26. The minimum Gasteiger partial charge on any atom is -0.389 e. The zero-order valence-electron chi connectivity index (χ0n) is 7.01. The number of rotatable bonds is 1. The summed E-state index contributed by atoms with van der Waals surface area (Å²) in [7, 11) is 0. The van der Waals surface area contributed by atoms with Crippen LogP contribution in [0.15, 0.2) is 0 Å². The molecular weight excluding hydrogens is 138 g/mol. The Labute approximate surface area is 67.8 Å². The van der Waals surface area contributed by atoms with Crippen molar-refractivity contribution in [2.45, 2.75) is 44.6 Å². The van der Waals surface area contributed by atoms with Crippen LogP contribution in [-0.4, -0.2) is 10.7 Å². The predicted molar refractivity (Wildman–Crippen MR) is 42.8 cm³/mol. The molecule has 1 fully saturated rings. The Bertz CT molecular complexity index is 173. The van der Waals surface area contributed by atoms with Crippen LogP contribution >= 0.6 is 0 Å². The SMILES string of the molecule is CC1CCCC(O)(CC#N)C1. The molecule has 1 N–H and O–H groups in total. The summed E-state index contributed by atoms with van der Waals surface area (Å²) in [6.07, 6.45) is 4.19. The maximum Gasteiger partial charge on any atom is 0.0779 e. The van der Waals surface area contributed by atoms with Gasteiger partial charge in [-0.15, -0.1) is 0 Å². The van der Waals surface area contributed by atoms with Gasteiger partial charge in [0.05, 0.1) is 18.1 Å². The van der Waals surface area contributed by atoms with Gasteiger partial charge < -0.3 is 5.11 Å². The van der Waals surface area contributed by atoms with Gasteiger partial charge in [0.2, 0.25) is 0 Å². The van der Waals surface area contributed by atoms with Crippen molar-refractivity contribution in [3.05, 3.63) is 0 Å². The lowest BCUT2D eigenvalue weighted by molar-refractivity contribution is -0.00853. The maximum absolute atomic E-state index is 9.82. The van der Waals surface area contributed by atoms with Crippen molar-refractivity contribution in [3.63, 3.8) is 0 Å². The van der Waals surface area contributed by atoms with E-state index in [0.29, 0.717) is 12.3 Å². The van der Waals surface area contributed by atoms with Crippen LogP contribution in [-0.2, 0) is 0 Å². The molecule has 11 heavy (non-hydrogen) atoms. The number of hydrogen-bond donors (Lipinski definition) is 1. The molecule has 0 aromatic heterocycles. The number of aliphatic hydroxyl groups is 1. The Morgan fingerprint density at radius 2 is 2.45 bits per heavy atom. The average Bonchev–Trinajstić information content (AvgIpc) is 1.86. The molecule has 0 aliphatic heterocycles. The van der Waals surface area contributed by atoms with Gasteiger partial charge in [-0.3, -0.25) is 0 Å². The Hall–Kier alpha value is -0.550. The molecule has 2 atom stereocenters. The van der Waals surface area contributed by atoms with Gasteiger partial charge in [-0.2, -0.15) is 5.26 Å². The second-order valence-electron chi connectivity index (χ2n) is 3.76. The molecule has 0 aromatic carbocycles. The van der Waals surface area contributed by atoms with Crippen LogP contribution in [0.5, 0.6) is 0 Å². The van der Waals surface area contributed by atoms with Crippen LogP contribution in [0.1, 0.15) is 39.0 Å². The van der Waals surface area contributed by atoms with Gasteiger partial charge in [0.15, 0.2) is 0 Å². The first-order chi connectivity index (χ1) is 5.16. The van der Waals surface area contributed by atoms with Gasteiger partial charge in [-0.1, -0.05) is 19.8 Å². The molecule has 0 amide bonds. The van der Waals surface area contributed by atoms with Crippen LogP contribution in [0, 0.1) is 17.2 Å². The lowest BCUT2D eigenvalue weighted by Crippen LogP contribution is -2.33. The standard InChI is InChI=1S/C9H15NO/c1-8-3-2-4-9(11,7-8)5-6-10/h8,11H,2-5,7H2,1H3. The van der Waals surface area contributed by atoms with E-state index in [2.05, 4.69) is 6.92 Å². The second kappa shape index (κ2) is 3.23. The van der Waals surface area contributed by atoms with Crippen molar-refractivity contribution in [3.8, 4) is 6.07 Å². The van der Waals surface area contributed by atoms with Crippen molar-refractivity contribution in [2.75, 3.05) is 0 Å². The summed E-state index contributed by atoms with van der Waals surface area (Å²) < 4.78 is 0. The van der Waals surface area contributed by atoms with Crippen molar-refractivity contribution in [1.29, 1.82) is 5.26 Å². The highest BCUT2D eigenvalue weighted by Gasteiger charge is 2.31. The molecule has 62 valence electrons. The third kappa shape index (κ3) is 2.20. The Morgan fingerprint density at radius 1 is 1.73 bits per heavy atom. The van der Waals surface area contributed by atoms with Crippen molar-refractivity contribution >= 4 is 0 Å². The van der Waals surface area contributed by atoms with E-state index in [1.54, 1.807) is 0 Å². The molecule has 1 rings (SSSR count). The molecular formula is C9H15NO. The molecule has 1 aliphatic carbocycles. The fourth-order valence-corrected chi connectivity index (χ4v) is 1.94. The van der Waals surface area contributed by atoms with Crippen LogP contribution < -0.4 is 0 Å². The molecule has 0 radical (unpaired) electrons. The highest BCUT2D eigenvalue weighted by atomic mass is 16.3. The first kappa shape index (κ1) is 8.55. The molecule has 2 unspecified atom stereocenters. The maximum atomic E-state index is 9.82. The van der Waals surface area contributed by atoms with Crippen LogP contribution in [0.2, 0.25) is 0 Å². The quantitative estimate of drug-likeness (QED) is 0.624. The molecule has 1 aliphatic rings. The molecule has 0 saturated heterocycles. The monoisotopic (exact) mass is 153 g/mol. The van der Waals surface area contributed by atoms with Crippen molar-refractivity contribution in [2.24, 2.45) is 5.92 Å². The van der Waals surface area contributed by atoms with E-state index in [9.17, 15) is 5.11 Å². The van der Waals surface area contributed by atoms with Crippen molar-refractivity contribution in [1.82, 2.24) is 0 Å². The minimum absolute atomic E-state index is 0.303. The summed E-state index contributed by atoms with van der Waals surface area (Å²) in [5.41, 5.74) is -0.660. The van der Waals surface area contributed by atoms with E-state index in [0.717, 1.165) is 19.3 Å². The summed E-state index contributed by atoms with van der Waals surface area (Å²) in [5, 5.41) is 18.3. The molecule has 0 heterocycles. The highest BCUT2D eigenvalue weighted by Crippen LogP contribution is 2.33. The largest absolute Gasteiger partial charge is 0.389 e. The van der Waals surface area contributed by atoms with Gasteiger partial charge in [0.1, 0.15) is 0 Å². The molecule has 2 nitrogen and oxygen atoms in total. The highest BCUT2D eigenvalue weighted by molar-refractivity contribution is 4.92. The van der Waals surface area contributed by atoms with Crippen LogP contribution in [0.25, 0.3) is 0 Å². The van der Waals surface area contributed by atoms with E-state index < -0.39 is 5.60 Å². The fourth-order valence-electron chi connectivity index (χ4n) is 1.94. The summed E-state index contributed by atoms with van der Waals surface area (Å²) in [6, 6.07) is 2.05. The first-order valence-corrected chi connectivity index (χ1v) is 4.26. The molecule has 0 aromatic rings. The number of nitrogens with zero attached hydrogens (tertiary/aromatic N) is 1. The average molecular weight is 153 g/mol. The summed E-state index contributed by atoms with van der Waals surface area (Å²) in [6.45, 7) is 2.14. The van der Waals surface area contributed by atoms with E-state index in [4.69, 9.17) is 5.26 Å². The van der Waals surface area contributed by atoms with Gasteiger partial charge in [-0.25, -0.2) is 0 Å². The topological polar surface area (TPSA) is 44.0 Å². The third-order valence-corrected chi connectivity index (χ3v) is 2.48. The van der Waals surface area contributed by atoms with Crippen molar-refractivity contribution < 1.29 is 5.11 Å². The number of nitriles is 1. The zero-order chi connectivity index (χ0) is 8.32. The fraction of sp³-hybridized carbons (Fsp3) is 0.889. The van der Waals surface area contributed by atoms with Gasteiger partial charge in [-0.05, 0) is 18.8 Å². The molecule has 0 spiro atoms. The Balaban J connectivity index is 2.50. The third-order valence-electron chi connectivity index (χ3n) is 2.48. The van der Waals surface area contributed by atoms with E-state index >= 15 is 0 Å². The van der Waals surface area contributed by atoms with Crippen LogP contribution in [0.4, 0.5) is 0 Å². The van der Waals surface area contributed by atoms with E-state index in [-0.39, 0.29) is 0 Å². The van der Waals surface area contributed by atoms with Gasteiger partial charge in [0, 0.05) is 0 Å². The van der Waals surface area contributed by atoms with Gasteiger partial charge >= 0.3 is 0 Å². The van der Waals surface area contributed by atoms with Gasteiger partial charge in [0.25, 0.3) is 0 Å². The predicted octanol–water partition coefficient (Wildman–Crippen LogP) is 1.84. The van der Waals surface area contributed by atoms with E-state index in [1.165, 1.54) is 6.42 Å². The summed E-state index contributed by atoms with van der Waals surface area (Å²) >= 11 is 0. The molecule has 2 heteroatoms. The Kier molecular flexibility index (Phi) is 2.51. The zero-order valence-corrected chi connectivity index (χ0v) is 7.01. The normalized spacial score (nSPS) is 38.1. The second-order valence-corrected chi connectivity index (χ2v) is 3.76. The molecule has 0 bridgehead atoms. The van der Waals surface area contributed by atoms with E-state index in [1.807, 2.05) is 6.07 Å². The smallest absolute Gasteiger partial charge is 0.0779 e. The Morgan fingerprint density at radius 3 is 3.00 bits per heavy atom. The summed E-state index contributed by atoms with van der Waals surface area (Å²) in [5.74, 6) is 0.585. The lowest BCUT2D eigenvalue weighted by atomic mass is 9.77. The minimum atomic E-state index is -0.660.